The fourth-order valence-electron chi connectivity index (χ4n) is 1.36. The third kappa shape index (κ3) is 8.01. The molecule has 0 spiro atoms. The van der Waals surface area contributed by atoms with E-state index >= 15 is 0 Å². The van der Waals surface area contributed by atoms with Gasteiger partial charge in [0, 0.05) is 13.0 Å². The molecule has 0 aromatic heterocycles. The van der Waals surface area contributed by atoms with Gasteiger partial charge in [0.15, 0.2) is 0 Å². The van der Waals surface area contributed by atoms with Gasteiger partial charge in [-0.25, -0.2) is 0 Å². The van der Waals surface area contributed by atoms with Crippen LogP contribution >= 0.6 is 0 Å². The van der Waals surface area contributed by atoms with E-state index in [-0.39, 0.29) is 13.0 Å². The van der Waals surface area contributed by atoms with Gasteiger partial charge in [0.2, 0.25) is 0 Å². The molecule has 0 aromatic carbocycles. The highest BCUT2D eigenvalue weighted by Gasteiger charge is 2.01. The normalized spacial score (nSPS) is 10.8. The number of unbranched alkanes of at least 4 members (excludes halogenated alkanes) is 2. The predicted octanol–water partition coefficient (Wildman–Crippen LogP) is 0.946. The zero-order valence-electron chi connectivity index (χ0n) is 8.91. The van der Waals surface area contributed by atoms with Crippen LogP contribution in [0.5, 0.6) is 0 Å². The van der Waals surface area contributed by atoms with Crippen LogP contribution in [0.4, 0.5) is 0 Å². The minimum absolute atomic E-state index is 0.197. The summed E-state index contributed by atoms with van der Waals surface area (Å²) in [5.41, 5.74) is 0. The summed E-state index contributed by atoms with van der Waals surface area (Å²) in [6.45, 7) is 4.88. The van der Waals surface area contributed by atoms with Crippen molar-refractivity contribution in [1.29, 1.82) is 0 Å². The van der Waals surface area contributed by atoms with Gasteiger partial charge in [0.05, 0.1) is 6.61 Å². The van der Waals surface area contributed by atoms with Crippen LogP contribution in [-0.4, -0.2) is 47.3 Å². The van der Waals surface area contributed by atoms with Gasteiger partial charge in [0.1, 0.15) is 0 Å². The lowest BCUT2D eigenvalue weighted by atomic mass is 10.2. The first-order valence-electron chi connectivity index (χ1n) is 5.25. The van der Waals surface area contributed by atoms with E-state index in [4.69, 9.17) is 10.2 Å². The maximum Gasteiger partial charge on any atom is 0.303 e. The van der Waals surface area contributed by atoms with Crippen molar-refractivity contribution in [3.05, 3.63) is 0 Å². The molecule has 4 heteroatoms. The number of aliphatic carboxylic acids is 1. The molecular weight excluding hydrogens is 182 g/mol. The minimum Gasteiger partial charge on any atom is -0.481 e. The average molecular weight is 203 g/mol. The molecule has 0 rings (SSSR count). The maximum absolute atomic E-state index is 10.2. The van der Waals surface area contributed by atoms with Crippen molar-refractivity contribution in [2.24, 2.45) is 0 Å². The van der Waals surface area contributed by atoms with Gasteiger partial charge in [-0.2, -0.15) is 0 Å². The number of rotatable bonds is 9. The van der Waals surface area contributed by atoms with Crippen LogP contribution in [-0.2, 0) is 4.79 Å². The van der Waals surface area contributed by atoms with Crippen LogP contribution in [0, 0.1) is 0 Å². The second kappa shape index (κ2) is 8.97. The van der Waals surface area contributed by atoms with Crippen molar-refractivity contribution in [3.8, 4) is 0 Å². The summed E-state index contributed by atoms with van der Waals surface area (Å²) in [5, 5.41) is 17.1. The number of nitrogens with zero attached hydrogens (tertiary/aromatic N) is 1. The van der Waals surface area contributed by atoms with Crippen molar-refractivity contribution >= 4 is 5.97 Å². The van der Waals surface area contributed by atoms with E-state index in [1.54, 1.807) is 0 Å². The number of carboxylic acid groups (broad SMARTS) is 1. The van der Waals surface area contributed by atoms with Gasteiger partial charge in [-0.15, -0.1) is 0 Å². The minimum atomic E-state index is -0.715. The predicted molar refractivity (Wildman–Crippen MR) is 55.3 cm³/mol. The van der Waals surface area contributed by atoms with Crippen LogP contribution in [0.15, 0.2) is 0 Å². The molecule has 0 amide bonds. The molecule has 4 nitrogen and oxygen atoms in total. The Balaban J connectivity index is 3.28. The summed E-state index contributed by atoms with van der Waals surface area (Å²) >= 11 is 0. The maximum atomic E-state index is 10.2. The quantitative estimate of drug-likeness (QED) is 0.548. The van der Waals surface area contributed by atoms with Gasteiger partial charge in [0.25, 0.3) is 0 Å². The van der Waals surface area contributed by atoms with Gasteiger partial charge >= 0.3 is 5.97 Å². The molecule has 0 unspecified atom stereocenters. The monoisotopic (exact) mass is 203 g/mol. The van der Waals surface area contributed by atoms with Crippen molar-refractivity contribution in [1.82, 2.24) is 4.90 Å². The van der Waals surface area contributed by atoms with Crippen molar-refractivity contribution in [2.45, 2.75) is 32.6 Å². The highest BCUT2D eigenvalue weighted by molar-refractivity contribution is 5.66. The Morgan fingerprint density at radius 1 is 1.21 bits per heavy atom. The van der Waals surface area contributed by atoms with Gasteiger partial charge in [-0.1, -0.05) is 13.3 Å². The smallest absolute Gasteiger partial charge is 0.303 e. The van der Waals surface area contributed by atoms with Gasteiger partial charge < -0.3 is 15.1 Å². The number of aliphatic hydroxyl groups is 1. The molecule has 0 saturated heterocycles. The molecule has 2 N–H and O–H groups in total. The molecule has 0 aliphatic rings. The zero-order valence-corrected chi connectivity index (χ0v) is 8.91. The van der Waals surface area contributed by atoms with Crippen molar-refractivity contribution < 1.29 is 15.0 Å². The highest BCUT2D eigenvalue weighted by Crippen LogP contribution is 2.01. The first-order chi connectivity index (χ1) is 6.70. The van der Waals surface area contributed by atoms with E-state index in [0.717, 1.165) is 38.9 Å². The lowest BCUT2D eigenvalue weighted by molar-refractivity contribution is -0.137. The Morgan fingerprint density at radius 2 is 1.93 bits per heavy atom. The van der Waals surface area contributed by atoms with E-state index < -0.39 is 5.97 Å². The molecular formula is C10H21NO3. The Bertz CT molecular complexity index is 150. The Morgan fingerprint density at radius 3 is 2.43 bits per heavy atom. The summed E-state index contributed by atoms with van der Waals surface area (Å²) < 4.78 is 0. The molecule has 0 aliphatic heterocycles. The van der Waals surface area contributed by atoms with Gasteiger partial charge in [-0.3, -0.25) is 4.79 Å². The molecule has 0 radical (unpaired) electrons. The topological polar surface area (TPSA) is 60.8 Å². The number of hydrogen-bond donors (Lipinski definition) is 2. The molecule has 0 heterocycles. The van der Waals surface area contributed by atoms with Crippen molar-refractivity contribution in [3.63, 3.8) is 0 Å². The molecule has 84 valence electrons. The molecule has 0 atom stereocenters. The number of carbonyl (C=O) groups is 1. The Kier molecular flexibility index (Phi) is 8.57. The molecule has 14 heavy (non-hydrogen) atoms. The first kappa shape index (κ1) is 13.4. The second-order valence-electron chi connectivity index (χ2n) is 3.36. The average Bonchev–Trinajstić information content (AvgIpc) is 2.15. The molecule has 0 aromatic rings. The molecule has 0 aliphatic carbocycles. The summed E-state index contributed by atoms with van der Waals surface area (Å²) in [4.78, 5) is 12.4. The number of hydrogen-bond acceptors (Lipinski definition) is 3. The van der Waals surface area contributed by atoms with E-state index in [1.807, 2.05) is 0 Å². The summed E-state index contributed by atoms with van der Waals surface area (Å²) in [6, 6.07) is 0. The fraction of sp³-hybridized carbons (Fsp3) is 0.900. The summed E-state index contributed by atoms with van der Waals surface area (Å²) in [5.74, 6) is -0.715. The van der Waals surface area contributed by atoms with E-state index in [9.17, 15) is 4.79 Å². The summed E-state index contributed by atoms with van der Waals surface area (Å²) in [6.07, 6.45) is 2.99. The number of aliphatic hydroxyl groups excluding tert-OH is 1. The third-order valence-corrected chi connectivity index (χ3v) is 2.23. The van der Waals surface area contributed by atoms with Crippen LogP contribution in [0.1, 0.15) is 32.6 Å². The highest BCUT2D eigenvalue weighted by atomic mass is 16.4. The van der Waals surface area contributed by atoms with Crippen LogP contribution < -0.4 is 0 Å². The third-order valence-electron chi connectivity index (χ3n) is 2.23. The molecule has 0 fully saturated rings. The van der Waals surface area contributed by atoms with E-state index in [2.05, 4.69) is 11.8 Å². The van der Waals surface area contributed by atoms with Gasteiger partial charge in [-0.05, 0) is 25.9 Å². The van der Waals surface area contributed by atoms with Crippen LogP contribution in [0.3, 0.4) is 0 Å². The van der Waals surface area contributed by atoms with E-state index in [0.29, 0.717) is 0 Å². The lowest BCUT2D eigenvalue weighted by Crippen LogP contribution is -2.27. The Labute approximate surface area is 85.5 Å². The molecule has 0 bridgehead atoms. The van der Waals surface area contributed by atoms with Crippen LogP contribution in [0.2, 0.25) is 0 Å². The standard InChI is InChI=1S/C10H21NO3/c1-2-11(8-9-12)7-5-3-4-6-10(13)14/h12H,2-9H2,1H3,(H,13,14). The summed E-state index contributed by atoms with van der Waals surface area (Å²) in [7, 11) is 0. The number of likely N-dealkylation sites (N-methyl/N-ethyl adjacent to an activating group) is 1. The number of carboxylic acids is 1. The first-order valence-corrected chi connectivity index (χ1v) is 5.25. The van der Waals surface area contributed by atoms with Crippen LogP contribution in [0.25, 0.3) is 0 Å². The second-order valence-corrected chi connectivity index (χ2v) is 3.36. The van der Waals surface area contributed by atoms with E-state index in [1.165, 1.54) is 0 Å². The fourth-order valence-corrected chi connectivity index (χ4v) is 1.36. The zero-order chi connectivity index (χ0) is 10.8. The lowest BCUT2D eigenvalue weighted by Gasteiger charge is -2.18. The molecule has 0 saturated carbocycles. The Hall–Kier alpha value is -0.610. The largest absolute Gasteiger partial charge is 0.481 e. The van der Waals surface area contributed by atoms with Crippen molar-refractivity contribution in [2.75, 3.05) is 26.2 Å². The SMILES string of the molecule is CCN(CCO)CCCCCC(=O)O.